The molecule has 1 aliphatic heterocycles. The number of para-hydroxylation sites is 1. The van der Waals surface area contributed by atoms with E-state index in [1.54, 1.807) is 11.0 Å². The number of anilines is 1. The van der Waals surface area contributed by atoms with Crippen LogP contribution in [0.2, 0.25) is 0 Å². The van der Waals surface area contributed by atoms with Gasteiger partial charge in [0.1, 0.15) is 6.54 Å². The van der Waals surface area contributed by atoms with Crippen molar-refractivity contribution in [2.24, 2.45) is 0 Å². The third-order valence-corrected chi connectivity index (χ3v) is 4.65. The fraction of sp³-hybridized carbons (Fsp3) is 0.316. The zero-order valence-corrected chi connectivity index (χ0v) is 16.3. The van der Waals surface area contributed by atoms with Gasteiger partial charge in [0.25, 0.3) is 11.8 Å². The highest BCUT2D eigenvalue weighted by Gasteiger charge is 2.28. The topological polar surface area (TPSA) is 88.8 Å². The predicted molar refractivity (Wildman–Crippen MR) is 101 cm³/mol. The van der Waals surface area contributed by atoms with Crippen LogP contribution < -0.4 is 10.2 Å². The molecule has 7 nitrogen and oxygen atoms in total. The van der Waals surface area contributed by atoms with Gasteiger partial charge in [-0.05, 0) is 59.5 Å². The minimum atomic E-state index is -0.946. The van der Waals surface area contributed by atoms with Gasteiger partial charge in [0.05, 0.1) is 0 Å². The van der Waals surface area contributed by atoms with Crippen LogP contribution in [-0.4, -0.2) is 37.0 Å². The van der Waals surface area contributed by atoms with E-state index < -0.39 is 18.0 Å². The Kier molecular flexibility index (Phi) is 5.95. The monoisotopic (exact) mass is 434 g/mol. The molecule has 0 fully saturated rings. The highest BCUT2D eigenvalue weighted by molar-refractivity contribution is 9.10. The van der Waals surface area contributed by atoms with E-state index in [9.17, 15) is 14.4 Å². The van der Waals surface area contributed by atoms with E-state index in [0.29, 0.717) is 11.2 Å². The van der Waals surface area contributed by atoms with Crippen LogP contribution in [0.5, 0.6) is 0 Å². The van der Waals surface area contributed by atoms with E-state index in [1.807, 2.05) is 24.3 Å². The van der Waals surface area contributed by atoms with E-state index >= 15 is 0 Å². The van der Waals surface area contributed by atoms with E-state index in [0.717, 1.165) is 24.1 Å². The second-order valence-electron chi connectivity index (χ2n) is 6.14. The molecule has 1 aromatic heterocycles. The lowest BCUT2D eigenvalue weighted by molar-refractivity contribution is -0.152. The third kappa shape index (κ3) is 4.57. The van der Waals surface area contributed by atoms with Crippen molar-refractivity contribution in [1.29, 1.82) is 0 Å². The molecule has 1 unspecified atom stereocenters. The number of carbonyl (C=O) groups is 3. The summed E-state index contributed by atoms with van der Waals surface area (Å²) < 4.78 is 10.7. The maximum absolute atomic E-state index is 12.7. The molecule has 1 N–H and O–H groups in total. The van der Waals surface area contributed by atoms with Gasteiger partial charge in [-0.3, -0.25) is 14.4 Å². The maximum atomic E-state index is 12.7. The van der Waals surface area contributed by atoms with E-state index in [1.165, 1.54) is 13.0 Å². The fourth-order valence-electron chi connectivity index (χ4n) is 2.95. The molecular formula is C19H19BrN2O5. The van der Waals surface area contributed by atoms with Crippen molar-refractivity contribution in [3.8, 4) is 0 Å². The lowest BCUT2D eigenvalue weighted by atomic mass is 10.0. The molecule has 1 aromatic carbocycles. The summed E-state index contributed by atoms with van der Waals surface area (Å²) in [6.45, 7) is 1.76. The van der Waals surface area contributed by atoms with Crippen LogP contribution >= 0.6 is 15.9 Å². The Hall–Kier alpha value is -2.61. The van der Waals surface area contributed by atoms with Crippen molar-refractivity contribution in [2.45, 2.75) is 25.9 Å². The molecule has 142 valence electrons. The minimum Gasteiger partial charge on any atom is -0.451 e. The summed E-state index contributed by atoms with van der Waals surface area (Å²) in [5, 5.41) is 2.40. The van der Waals surface area contributed by atoms with Crippen molar-refractivity contribution in [1.82, 2.24) is 5.32 Å². The number of amides is 2. The average molecular weight is 435 g/mol. The zero-order valence-electron chi connectivity index (χ0n) is 14.7. The van der Waals surface area contributed by atoms with Crippen LogP contribution in [0.25, 0.3) is 0 Å². The van der Waals surface area contributed by atoms with Gasteiger partial charge in [-0.15, -0.1) is 0 Å². The zero-order chi connectivity index (χ0) is 19.4. The first-order valence-corrected chi connectivity index (χ1v) is 9.37. The molecule has 0 radical (unpaired) electrons. The fourth-order valence-corrected chi connectivity index (χ4v) is 3.25. The number of fused-ring (bicyclic) bond motifs is 1. The SMILES string of the molecule is CC(OC(=O)CNC(=O)c1ccc(Br)o1)C(=O)N1CCCc2ccccc21. The molecule has 2 aromatic rings. The Balaban J connectivity index is 1.54. The summed E-state index contributed by atoms with van der Waals surface area (Å²) in [6, 6.07) is 10.8. The summed E-state index contributed by atoms with van der Waals surface area (Å²) in [5.41, 5.74) is 1.96. The van der Waals surface area contributed by atoms with E-state index in [-0.39, 0.29) is 18.2 Å². The first-order chi connectivity index (χ1) is 13.0. The van der Waals surface area contributed by atoms with Crippen LogP contribution in [0.1, 0.15) is 29.5 Å². The molecule has 8 heteroatoms. The number of esters is 1. The molecular weight excluding hydrogens is 416 g/mol. The number of ether oxygens (including phenoxy) is 1. The Morgan fingerprint density at radius 3 is 2.78 bits per heavy atom. The van der Waals surface area contributed by atoms with Crippen molar-refractivity contribution in [3.05, 3.63) is 52.4 Å². The smallest absolute Gasteiger partial charge is 0.326 e. The van der Waals surface area contributed by atoms with Crippen LogP contribution in [0, 0.1) is 0 Å². The number of nitrogens with one attached hydrogen (secondary N) is 1. The highest BCUT2D eigenvalue weighted by Crippen LogP contribution is 2.27. The van der Waals surface area contributed by atoms with Gasteiger partial charge in [-0.1, -0.05) is 18.2 Å². The Labute approximate surface area is 164 Å². The van der Waals surface area contributed by atoms with Crippen molar-refractivity contribution in [2.75, 3.05) is 18.0 Å². The molecule has 0 saturated heterocycles. The molecule has 3 rings (SSSR count). The molecule has 0 aliphatic carbocycles. The number of carbonyl (C=O) groups excluding carboxylic acids is 3. The number of furan rings is 1. The lowest BCUT2D eigenvalue weighted by Gasteiger charge is -2.31. The Morgan fingerprint density at radius 2 is 2.04 bits per heavy atom. The van der Waals surface area contributed by atoms with E-state index in [2.05, 4.69) is 21.2 Å². The summed E-state index contributed by atoms with van der Waals surface area (Å²) in [5.74, 6) is -1.44. The maximum Gasteiger partial charge on any atom is 0.326 e. The van der Waals surface area contributed by atoms with Crippen molar-refractivity contribution < 1.29 is 23.5 Å². The van der Waals surface area contributed by atoms with Crippen LogP contribution in [0.15, 0.2) is 45.5 Å². The summed E-state index contributed by atoms with van der Waals surface area (Å²) in [4.78, 5) is 38.2. The molecule has 0 bridgehead atoms. The van der Waals surface area contributed by atoms with Gasteiger partial charge in [0.15, 0.2) is 16.5 Å². The summed E-state index contributed by atoms with van der Waals surface area (Å²) in [7, 11) is 0. The molecule has 2 heterocycles. The first kappa shape index (κ1) is 19.2. The third-order valence-electron chi connectivity index (χ3n) is 4.22. The number of halogens is 1. The molecule has 0 saturated carbocycles. The Bertz CT molecular complexity index is 863. The van der Waals surface area contributed by atoms with Gasteiger partial charge >= 0.3 is 5.97 Å². The average Bonchev–Trinajstić information content (AvgIpc) is 3.11. The summed E-state index contributed by atoms with van der Waals surface area (Å²) >= 11 is 3.10. The highest BCUT2D eigenvalue weighted by atomic mass is 79.9. The quantitative estimate of drug-likeness (QED) is 0.730. The number of hydrogen-bond donors (Lipinski definition) is 1. The lowest BCUT2D eigenvalue weighted by Crippen LogP contribution is -2.43. The van der Waals surface area contributed by atoms with Gasteiger partial charge in [-0.25, -0.2) is 0 Å². The molecule has 1 atom stereocenters. The predicted octanol–water partition coefficient (Wildman–Crippen LogP) is 2.68. The van der Waals surface area contributed by atoms with Gasteiger partial charge in [-0.2, -0.15) is 0 Å². The van der Waals surface area contributed by atoms with Crippen LogP contribution in [-0.2, 0) is 20.7 Å². The number of rotatable bonds is 5. The first-order valence-electron chi connectivity index (χ1n) is 8.58. The number of nitrogens with zero attached hydrogens (tertiary/aromatic N) is 1. The second-order valence-corrected chi connectivity index (χ2v) is 6.92. The molecule has 0 spiro atoms. The van der Waals surface area contributed by atoms with Crippen LogP contribution in [0.3, 0.4) is 0 Å². The second kappa shape index (κ2) is 8.39. The van der Waals surface area contributed by atoms with E-state index in [4.69, 9.17) is 9.15 Å². The number of benzene rings is 1. The molecule has 1 aliphatic rings. The van der Waals surface area contributed by atoms with Gasteiger partial charge in [0.2, 0.25) is 0 Å². The standard InChI is InChI=1S/C19H19BrN2O5/c1-12(19(25)22-10-4-6-13-5-2-3-7-14(13)22)26-17(23)11-21-18(24)15-8-9-16(20)27-15/h2-3,5,7-9,12H,4,6,10-11H2,1H3,(H,21,24). The van der Waals surface area contributed by atoms with Crippen LogP contribution in [0.4, 0.5) is 5.69 Å². The van der Waals surface area contributed by atoms with Crippen molar-refractivity contribution >= 4 is 39.4 Å². The number of aryl methyl sites for hydroxylation is 1. The van der Waals surface area contributed by atoms with Gasteiger partial charge in [0, 0.05) is 12.2 Å². The van der Waals surface area contributed by atoms with Gasteiger partial charge < -0.3 is 19.4 Å². The number of hydrogen-bond acceptors (Lipinski definition) is 5. The minimum absolute atomic E-state index is 0.0729. The van der Waals surface area contributed by atoms with Crippen molar-refractivity contribution in [3.63, 3.8) is 0 Å². The Morgan fingerprint density at radius 1 is 1.26 bits per heavy atom. The summed E-state index contributed by atoms with van der Waals surface area (Å²) in [6.07, 6.45) is 0.833. The molecule has 27 heavy (non-hydrogen) atoms. The largest absolute Gasteiger partial charge is 0.451 e. The normalized spacial score (nSPS) is 14.2. The molecule has 2 amide bonds.